The van der Waals surface area contributed by atoms with Crippen molar-refractivity contribution in [3.8, 4) is 0 Å². The van der Waals surface area contributed by atoms with Crippen LogP contribution in [0.1, 0.15) is 18.9 Å². The molecular weight excluding hydrogens is 220 g/mol. The lowest BCUT2D eigenvalue weighted by molar-refractivity contribution is 0.0224. The van der Waals surface area contributed by atoms with E-state index in [4.69, 9.17) is 4.74 Å². The van der Waals surface area contributed by atoms with Crippen LogP contribution in [0.25, 0.3) is 10.1 Å². The Bertz CT molecular complexity index is 473. The molecule has 1 unspecified atom stereocenters. The Morgan fingerprint density at radius 1 is 1.38 bits per heavy atom. The number of rotatable bonds is 4. The van der Waals surface area contributed by atoms with Crippen molar-refractivity contribution in [1.82, 2.24) is 0 Å². The van der Waals surface area contributed by atoms with Gasteiger partial charge in [-0.3, -0.25) is 0 Å². The van der Waals surface area contributed by atoms with E-state index >= 15 is 0 Å². The Morgan fingerprint density at radius 3 is 2.94 bits per heavy atom. The Hall–Kier alpha value is -0.900. The SMILES string of the molecule is COCCC(C)(O)c1cccc2ccsc12. The molecule has 0 saturated heterocycles. The summed E-state index contributed by atoms with van der Waals surface area (Å²) in [7, 11) is 1.65. The van der Waals surface area contributed by atoms with E-state index in [1.807, 2.05) is 19.1 Å². The van der Waals surface area contributed by atoms with Gasteiger partial charge in [0.25, 0.3) is 0 Å². The van der Waals surface area contributed by atoms with E-state index in [0.29, 0.717) is 13.0 Å². The second kappa shape index (κ2) is 4.53. The fraction of sp³-hybridized carbons (Fsp3) is 0.385. The predicted octanol–water partition coefficient (Wildman–Crippen LogP) is 3.15. The summed E-state index contributed by atoms with van der Waals surface area (Å²) in [6.07, 6.45) is 0.612. The molecule has 1 aromatic carbocycles. The van der Waals surface area contributed by atoms with Crippen molar-refractivity contribution in [3.05, 3.63) is 35.2 Å². The summed E-state index contributed by atoms with van der Waals surface area (Å²) in [4.78, 5) is 0. The zero-order valence-electron chi connectivity index (χ0n) is 9.56. The van der Waals surface area contributed by atoms with E-state index in [1.54, 1.807) is 18.4 Å². The quantitative estimate of drug-likeness (QED) is 0.883. The monoisotopic (exact) mass is 236 g/mol. The van der Waals surface area contributed by atoms with Crippen molar-refractivity contribution >= 4 is 21.4 Å². The zero-order valence-corrected chi connectivity index (χ0v) is 10.4. The molecule has 3 heteroatoms. The molecule has 2 aromatic rings. The molecule has 2 rings (SSSR count). The van der Waals surface area contributed by atoms with E-state index in [0.717, 1.165) is 5.56 Å². The number of fused-ring (bicyclic) bond motifs is 1. The number of hydrogen-bond donors (Lipinski definition) is 1. The lowest BCUT2D eigenvalue weighted by Crippen LogP contribution is -2.23. The first-order chi connectivity index (χ1) is 7.65. The fourth-order valence-corrected chi connectivity index (χ4v) is 2.89. The first-order valence-corrected chi connectivity index (χ1v) is 6.21. The van der Waals surface area contributed by atoms with Crippen LogP contribution in [0.3, 0.4) is 0 Å². The predicted molar refractivity (Wildman–Crippen MR) is 67.9 cm³/mol. The molecule has 0 bridgehead atoms. The van der Waals surface area contributed by atoms with Gasteiger partial charge in [0.2, 0.25) is 0 Å². The van der Waals surface area contributed by atoms with Crippen LogP contribution in [-0.2, 0) is 10.3 Å². The lowest BCUT2D eigenvalue weighted by Gasteiger charge is -2.24. The maximum atomic E-state index is 10.5. The molecule has 1 aromatic heterocycles. The van der Waals surface area contributed by atoms with Crippen molar-refractivity contribution < 1.29 is 9.84 Å². The minimum Gasteiger partial charge on any atom is -0.385 e. The molecule has 2 nitrogen and oxygen atoms in total. The molecule has 0 amide bonds. The smallest absolute Gasteiger partial charge is 0.0904 e. The van der Waals surface area contributed by atoms with E-state index in [-0.39, 0.29) is 0 Å². The molecule has 1 heterocycles. The van der Waals surface area contributed by atoms with Crippen LogP contribution in [0.2, 0.25) is 0 Å². The number of hydrogen-bond acceptors (Lipinski definition) is 3. The molecule has 86 valence electrons. The average Bonchev–Trinajstić information content (AvgIpc) is 2.73. The molecule has 0 radical (unpaired) electrons. The summed E-state index contributed by atoms with van der Waals surface area (Å²) in [5, 5.41) is 13.7. The summed E-state index contributed by atoms with van der Waals surface area (Å²) in [6, 6.07) is 8.14. The van der Waals surface area contributed by atoms with Gasteiger partial charge in [-0.05, 0) is 23.8 Å². The van der Waals surface area contributed by atoms with Crippen LogP contribution in [0, 0.1) is 0 Å². The molecule has 0 aliphatic heterocycles. The Kier molecular flexibility index (Phi) is 3.28. The summed E-state index contributed by atoms with van der Waals surface area (Å²) in [5.41, 5.74) is 0.178. The first kappa shape index (κ1) is 11.6. The largest absolute Gasteiger partial charge is 0.385 e. The molecule has 0 saturated carbocycles. The molecule has 16 heavy (non-hydrogen) atoms. The van der Waals surface area contributed by atoms with Gasteiger partial charge in [-0.15, -0.1) is 11.3 Å². The van der Waals surface area contributed by atoms with Gasteiger partial charge in [0.15, 0.2) is 0 Å². The van der Waals surface area contributed by atoms with Gasteiger partial charge in [-0.2, -0.15) is 0 Å². The first-order valence-electron chi connectivity index (χ1n) is 5.33. The van der Waals surface area contributed by atoms with E-state index in [1.165, 1.54) is 10.1 Å². The number of ether oxygens (including phenoxy) is 1. The van der Waals surface area contributed by atoms with Gasteiger partial charge in [0.05, 0.1) is 5.60 Å². The number of methoxy groups -OCH3 is 1. The van der Waals surface area contributed by atoms with Crippen LogP contribution in [0.5, 0.6) is 0 Å². The van der Waals surface area contributed by atoms with Crippen LogP contribution in [0.15, 0.2) is 29.6 Å². The van der Waals surface area contributed by atoms with E-state index < -0.39 is 5.60 Å². The Labute approximate surface area is 99.5 Å². The standard InChI is InChI=1S/C13H16O2S/c1-13(14,7-8-15-2)11-5-3-4-10-6-9-16-12(10)11/h3-6,9,14H,7-8H2,1-2H3. The fourth-order valence-electron chi connectivity index (χ4n) is 1.85. The van der Waals surface area contributed by atoms with Gasteiger partial charge in [0.1, 0.15) is 0 Å². The third-order valence-electron chi connectivity index (χ3n) is 2.85. The van der Waals surface area contributed by atoms with Crippen molar-refractivity contribution in [2.75, 3.05) is 13.7 Å². The zero-order chi connectivity index (χ0) is 11.6. The summed E-state index contributed by atoms with van der Waals surface area (Å²) in [6.45, 7) is 2.41. The highest BCUT2D eigenvalue weighted by molar-refractivity contribution is 7.17. The third kappa shape index (κ3) is 2.12. The molecule has 0 aliphatic rings. The lowest BCUT2D eigenvalue weighted by atomic mass is 9.92. The van der Waals surface area contributed by atoms with E-state index in [2.05, 4.69) is 17.5 Å². The third-order valence-corrected chi connectivity index (χ3v) is 3.82. The second-order valence-electron chi connectivity index (χ2n) is 4.16. The van der Waals surface area contributed by atoms with Crippen LogP contribution in [0.4, 0.5) is 0 Å². The van der Waals surface area contributed by atoms with Crippen molar-refractivity contribution in [3.63, 3.8) is 0 Å². The minimum absolute atomic E-state index is 0.564. The summed E-state index contributed by atoms with van der Waals surface area (Å²) < 4.78 is 6.21. The van der Waals surface area contributed by atoms with Gasteiger partial charge in [-0.1, -0.05) is 18.2 Å². The normalized spacial score (nSPS) is 15.2. The highest BCUT2D eigenvalue weighted by Gasteiger charge is 2.25. The topological polar surface area (TPSA) is 29.5 Å². The van der Waals surface area contributed by atoms with Gasteiger partial charge >= 0.3 is 0 Å². The maximum absolute atomic E-state index is 10.5. The minimum atomic E-state index is -0.819. The molecule has 0 aliphatic carbocycles. The van der Waals surface area contributed by atoms with Gasteiger partial charge in [-0.25, -0.2) is 0 Å². The summed E-state index contributed by atoms with van der Waals surface area (Å²) in [5.74, 6) is 0. The van der Waals surface area contributed by atoms with Gasteiger partial charge < -0.3 is 9.84 Å². The van der Waals surface area contributed by atoms with Crippen LogP contribution in [-0.4, -0.2) is 18.8 Å². The molecule has 1 N–H and O–H groups in total. The van der Waals surface area contributed by atoms with Gasteiger partial charge in [0, 0.05) is 30.4 Å². The van der Waals surface area contributed by atoms with E-state index in [9.17, 15) is 5.11 Å². The number of benzene rings is 1. The molecular formula is C13H16O2S. The van der Waals surface area contributed by atoms with Crippen molar-refractivity contribution in [1.29, 1.82) is 0 Å². The Morgan fingerprint density at radius 2 is 2.19 bits per heavy atom. The van der Waals surface area contributed by atoms with Crippen LogP contribution < -0.4 is 0 Å². The highest BCUT2D eigenvalue weighted by Crippen LogP contribution is 2.34. The molecule has 0 fully saturated rings. The van der Waals surface area contributed by atoms with Crippen molar-refractivity contribution in [2.45, 2.75) is 18.9 Å². The number of thiophene rings is 1. The Balaban J connectivity index is 2.41. The van der Waals surface area contributed by atoms with Crippen molar-refractivity contribution in [2.24, 2.45) is 0 Å². The highest BCUT2D eigenvalue weighted by atomic mass is 32.1. The summed E-state index contributed by atoms with van der Waals surface area (Å²) >= 11 is 1.67. The molecule has 1 atom stereocenters. The number of aliphatic hydroxyl groups is 1. The van der Waals surface area contributed by atoms with Crippen LogP contribution >= 0.6 is 11.3 Å². The maximum Gasteiger partial charge on any atom is 0.0904 e. The average molecular weight is 236 g/mol. The second-order valence-corrected chi connectivity index (χ2v) is 5.08. The molecule has 0 spiro atoms.